The lowest BCUT2D eigenvalue weighted by molar-refractivity contribution is 0.00144. The number of nitrogens with one attached hydrogen (secondary N) is 1. The zero-order chi connectivity index (χ0) is 21.4. The van der Waals surface area contributed by atoms with Gasteiger partial charge >= 0.3 is 6.03 Å². The van der Waals surface area contributed by atoms with Gasteiger partial charge in [0, 0.05) is 6.54 Å². The highest BCUT2D eigenvalue weighted by Crippen LogP contribution is 2.38. The Labute approximate surface area is 180 Å². The Morgan fingerprint density at radius 2 is 2.03 bits per heavy atom. The van der Waals surface area contributed by atoms with Gasteiger partial charge in [-0.1, -0.05) is 24.3 Å². The van der Waals surface area contributed by atoms with E-state index in [0.717, 1.165) is 54.3 Å². The number of ether oxygens (including phenoxy) is 2. The lowest BCUT2D eigenvalue weighted by atomic mass is 9.85. The van der Waals surface area contributed by atoms with Crippen LogP contribution in [0, 0.1) is 0 Å². The fourth-order valence-corrected chi connectivity index (χ4v) is 4.50. The van der Waals surface area contributed by atoms with Gasteiger partial charge in [0.05, 0.1) is 31.5 Å². The summed E-state index contributed by atoms with van der Waals surface area (Å²) in [7, 11) is 2.07. The first-order valence-corrected chi connectivity index (χ1v) is 10.5. The van der Waals surface area contributed by atoms with Crippen molar-refractivity contribution >= 4 is 11.7 Å². The average Bonchev–Trinajstić information content (AvgIpc) is 3.18. The molecule has 2 aromatic heterocycles. The van der Waals surface area contributed by atoms with Crippen LogP contribution in [0.25, 0.3) is 5.65 Å². The summed E-state index contributed by atoms with van der Waals surface area (Å²) < 4.78 is 14.1. The Kier molecular flexibility index (Phi) is 5.21. The molecule has 3 atom stereocenters. The van der Waals surface area contributed by atoms with E-state index in [1.54, 1.807) is 0 Å². The monoisotopic (exact) mass is 422 g/mol. The number of hydrogen-bond acceptors (Lipinski definition) is 6. The van der Waals surface area contributed by atoms with Gasteiger partial charge < -0.3 is 20.5 Å². The molecule has 3 aromatic rings. The number of aromatic nitrogens is 3. The fourth-order valence-electron chi connectivity index (χ4n) is 4.50. The zero-order valence-corrected chi connectivity index (χ0v) is 17.4. The number of carbonyl (C=O) groups excluding carboxylic acids is 1. The Morgan fingerprint density at radius 1 is 1.19 bits per heavy atom. The number of benzene rings is 1. The van der Waals surface area contributed by atoms with E-state index in [-0.39, 0.29) is 18.2 Å². The summed E-state index contributed by atoms with van der Waals surface area (Å²) in [5, 5.41) is 11.6. The number of primary amides is 1. The zero-order valence-electron chi connectivity index (χ0n) is 17.4. The molecule has 1 aliphatic carbocycles. The van der Waals surface area contributed by atoms with Gasteiger partial charge in [-0.05, 0) is 43.1 Å². The molecule has 162 valence electrons. The Morgan fingerprint density at radius 3 is 2.84 bits per heavy atom. The van der Waals surface area contributed by atoms with E-state index in [2.05, 4.69) is 27.5 Å². The van der Waals surface area contributed by atoms with Gasteiger partial charge in [-0.3, -0.25) is 9.30 Å². The van der Waals surface area contributed by atoms with Crippen LogP contribution >= 0.6 is 0 Å². The molecule has 0 radical (unpaired) electrons. The summed E-state index contributed by atoms with van der Waals surface area (Å²) >= 11 is 0. The Bertz CT molecular complexity index is 1100. The van der Waals surface area contributed by atoms with E-state index in [1.165, 1.54) is 0 Å². The highest BCUT2D eigenvalue weighted by atomic mass is 16.5. The summed E-state index contributed by atoms with van der Waals surface area (Å²) in [6.45, 7) is 2.17. The second-order valence-electron chi connectivity index (χ2n) is 8.10. The van der Waals surface area contributed by atoms with Crippen molar-refractivity contribution in [2.75, 3.05) is 26.8 Å². The van der Waals surface area contributed by atoms with E-state index in [1.807, 2.05) is 47.0 Å². The van der Waals surface area contributed by atoms with Crippen molar-refractivity contribution in [3.05, 3.63) is 59.5 Å². The largest absolute Gasteiger partial charge is 0.484 e. The number of amides is 2. The van der Waals surface area contributed by atoms with Crippen molar-refractivity contribution in [2.45, 2.75) is 31.0 Å². The minimum absolute atomic E-state index is 0.0510. The molecule has 0 saturated carbocycles. The molecule has 1 aliphatic heterocycles. The van der Waals surface area contributed by atoms with Crippen molar-refractivity contribution in [3.8, 4) is 5.75 Å². The van der Waals surface area contributed by atoms with E-state index >= 15 is 0 Å². The first-order chi connectivity index (χ1) is 15.1. The quantitative estimate of drug-likeness (QED) is 0.668. The molecule has 3 N–H and O–H groups in total. The second-order valence-corrected chi connectivity index (χ2v) is 8.10. The number of nitrogens with zero attached hydrogens (tertiary/aromatic N) is 4. The van der Waals surface area contributed by atoms with Crippen molar-refractivity contribution in [3.63, 3.8) is 0 Å². The predicted octanol–water partition coefficient (Wildman–Crippen LogP) is 2.36. The SMILES string of the molecule is CN1CCOCC1c1nnc2ccc(O[C@@H]3CC[C@H](NC(N)=O)c4ccccc43)cn12. The van der Waals surface area contributed by atoms with Crippen LogP contribution in [0.3, 0.4) is 0 Å². The molecule has 1 aromatic carbocycles. The van der Waals surface area contributed by atoms with Crippen molar-refractivity contribution < 1.29 is 14.3 Å². The van der Waals surface area contributed by atoms with Gasteiger partial charge in [-0.2, -0.15) is 0 Å². The molecule has 9 heteroatoms. The number of carbonyl (C=O) groups is 1. The summed E-state index contributed by atoms with van der Waals surface area (Å²) in [6, 6.07) is 11.3. The van der Waals surface area contributed by atoms with Crippen LogP contribution in [0.15, 0.2) is 42.6 Å². The second kappa shape index (κ2) is 8.16. The molecule has 5 rings (SSSR count). The Balaban J connectivity index is 1.43. The molecule has 0 bridgehead atoms. The number of nitrogens with two attached hydrogens (primary N) is 1. The van der Waals surface area contributed by atoms with E-state index in [9.17, 15) is 4.79 Å². The normalized spacial score (nSPS) is 24.0. The Hall–Kier alpha value is -3.17. The maximum absolute atomic E-state index is 11.4. The molecule has 3 heterocycles. The van der Waals surface area contributed by atoms with Gasteiger partial charge in [0.25, 0.3) is 0 Å². The number of rotatable bonds is 4. The lowest BCUT2D eigenvalue weighted by Crippen LogP contribution is -2.37. The number of hydrogen-bond donors (Lipinski definition) is 2. The standard InChI is InChI=1S/C22H26N6O3/c1-27-10-11-30-13-18(27)21-26-25-20-9-6-14(12-28(20)21)31-19-8-7-17(24-22(23)29)15-4-2-3-5-16(15)19/h2-6,9,12,17-19H,7-8,10-11,13H2,1H3,(H3,23,24,29)/t17-,18?,19+/m0/s1. The summed E-state index contributed by atoms with van der Waals surface area (Å²) in [4.78, 5) is 13.6. The van der Waals surface area contributed by atoms with Crippen LogP contribution in [0.4, 0.5) is 4.79 Å². The van der Waals surface area contributed by atoms with Crippen molar-refractivity contribution in [1.29, 1.82) is 0 Å². The molecular weight excluding hydrogens is 396 g/mol. The first-order valence-electron chi connectivity index (χ1n) is 10.5. The predicted molar refractivity (Wildman–Crippen MR) is 114 cm³/mol. The van der Waals surface area contributed by atoms with E-state index in [4.69, 9.17) is 15.2 Å². The third-order valence-electron chi connectivity index (χ3n) is 6.13. The van der Waals surface area contributed by atoms with Crippen LogP contribution in [-0.4, -0.2) is 52.3 Å². The molecular formula is C22H26N6O3. The fraction of sp³-hybridized carbons (Fsp3) is 0.409. The number of urea groups is 1. The average molecular weight is 422 g/mol. The molecule has 1 unspecified atom stereocenters. The van der Waals surface area contributed by atoms with Gasteiger partial charge in [0.2, 0.25) is 0 Å². The maximum atomic E-state index is 11.4. The van der Waals surface area contributed by atoms with Crippen LogP contribution in [0.2, 0.25) is 0 Å². The molecule has 9 nitrogen and oxygen atoms in total. The van der Waals surface area contributed by atoms with E-state index in [0.29, 0.717) is 6.61 Å². The minimum Gasteiger partial charge on any atom is -0.484 e. The minimum atomic E-state index is -0.513. The van der Waals surface area contributed by atoms with Crippen molar-refractivity contribution in [2.24, 2.45) is 5.73 Å². The number of pyridine rings is 1. The maximum Gasteiger partial charge on any atom is 0.312 e. The van der Waals surface area contributed by atoms with Crippen molar-refractivity contribution in [1.82, 2.24) is 24.8 Å². The van der Waals surface area contributed by atoms with Gasteiger partial charge in [-0.15, -0.1) is 10.2 Å². The molecule has 1 saturated heterocycles. The smallest absolute Gasteiger partial charge is 0.312 e. The topological polar surface area (TPSA) is 107 Å². The summed E-state index contributed by atoms with van der Waals surface area (Å²) in [5.74, 6) is 1.59. The van der Waals surface area contributed by atoms with Gasteiger partial charge in [0.1, 0.15) is 11.9 Å². The number of morpholine rings is 1. The molecule has 2 amide bonds. The first kappa shape index (κ1) is 19.8. The number of fused-ring (bicyclic) bond motifs is 2. The highest BCUT2D eigenvalue weighted by molar-refractivity contribution is 5.72. The molecule has 1 fully saturated rings. The number of likely N-dealkylation sites (N-methyl/N-ethyl adjacent to an activating group) is 1. The third-order valence-corrected chi connectivity index (χ3v) is 6.13. The van der Waals surface area contributed by atoms with Gasteiger partial charge in [-0.25, -0.2) is 4.79 Å². The lowest BCUT2D eigenvalue weighted by Gasteiger charge is -2.32. The molecule has 2 aliphatic rings. The van der Waals surface area contributed by atoms with E-state index < -0.39 is 6.03 Å². The highest BCUT2D eigenvalue weighted by Gasteiger charge is 2.30. The summed E-state index contributed by atoms with van der Waals surface area (Å²) in [5.41, 5.74) is 8.25. The van der Waals surface area contributed by atoms with Crippen LogP contribution in [0.1, 0.15) is 48.0 Å². The van der Waals surface area contributed by atoms with Crippen LogP contribution in [-0.2, 0) is 4.74 Å². The molecule has 31 heavy (non-hydrogen) atoms. The van der Waals surface area contributed by atoms with Crippen LogP contribution in [0.5, 0.6) is 5.75 Å². The third kappa shape index (κ3) is 3.82. The van der Waals surface area contributed by atoms with Gasteiger partial charge in [0.15, 0.2) is 11.5 Å². The molecule has 0 spiro atoms. The van der Waals surface area contributed by atoms with Crippen LogP contribution < -0.4 is 15.8 Å². The summed E-state index contributed by atoms with van der Waals surface area (Å²) in [6.07, 6.45) is 3.37.